The van der Waals surface area contributed by atoms with Crippen LogP contribution in [0.2, 0.25) is 0 Å². The van der Waals surface area contributed by atoms with Crippen molar-refractivity contribution in [1.82, 2.24) is 15.3 Å². The molecule has 3 aromatic carbocycles. The van der Waals surface area contributed by atoms with Crippen LogP contribution in [0.5, 0.6) is 5.88 Å². The molecule has 4 aromatic rings. The number of aromatic nitrogens is 2. The van der Waals surface area contributed by atoms with Crippen LogP contribution in [-0.2, 0) is 23.0 Å². The van der Waals surface area contributed by atoms with E-state index in [2.05, 4.69) is 32.1 Å². The maximum Gasteiger partial charge on any atom is 0.335 e. The number of aryl methyl sites for hydroxylation is 2. The normalized spacial score (nSPS) is 15.2. The SMILES string of the molecule is Cc1cccc(C)c1-c1cc(OC2CNCc3ccccc3C2)nc(NS(=O)(=O)c2cccc(C(=O)O)c2)n1. The molecule has 0 aliphatic carbocycles. The highest BCUT2D eigenvalue weighted by atomic mass is 32.2. The van der Waals surface area contributed by atoms with Crippen molar-refractivity contribution in [2.24, 2.45) is 0 Å². The van der Waals surface area contributed by atoms with Gasteiger partial charge in [0.2, 0.25) is 11.8 Å². The predicted molar refractivity (Wildman–Crippen MR) is 147 cm³/mol. The first-order valence-corrected chi connectivity index (χ1v) is 13.9. The van der Waals surface area contributed by atoms with Crippen LogP contribution >= 0.6 is 0 Å². The van der Waals surface area contributed by atoms with Crippen LogP contribution in [0, 0.1) is 13.8 Å². The first-order chi connectivity index (χ1) is 18.7. The quantitative estimate of drug-likeness (QED) is 0.313. The molecule has 0 bridgehead atoms. The zero-order valence-electron chi connectivity index (χ0n) is 21.5. The lowest BCUT2D eigenvalue weighted by Gasteiger charge is -2.19. The lowest BCUT2D eigenvalue weighted by atomic mass is 10.00. The molecule has 39 heavy (non-hydrogen) atoms. The van der Waals surface area contributed by atoms with Gasteiger partial charge in [-0.1, -0.05) is 48.5 Å². The predicted octanol–water partition coefficient (Wildman–Crippen LogP) is 4.35. The fourth-order valence-corrected chi connectivity index (χ4v) is 5.71. The van der Waals surface area contributed by atoms with Crippen LogP contribution in [0.15, 0.2) is 77.7 Å². The van der Waals surface area contributed by atoms with Crippen molar-refractivity contribution >= 4 is 21.9 Å². The number of nitrogens with one attached hydrogen (secondary N) is 2. The molecule has 0 saturated carbocycles. The van der Waals surface area contributed by atoms with Gasteiger partial charge in [0.15, 0.2) is 0 Å². The third-order valence-electron chi connectivity index (χ3n) is 6.60. The number of aromatic carboxylic acids is 1. The van der Waals surface area contributed by atoms with E-state index in [0.717, 1.165) is 29.3 Å². The average molecular weight is 545 g/mol. The lowest BCUT2D eigenvalue weighted by Crippen LogP contribution is -2.30. The van der Waals surface area contributed by atoms with Gasteiger partial charge in [0.05, 0.1) is 16.2 Å². The Morgan fingerprint density at radius 2 is 1.69 bits per heavy atom. The molecule has 3 N–H and O–H groups in total. The molecule has 10 heteroatoms. The van der Waals surface area contributed by atoms with Crippen molar-refractivity contribution in [2.75, 3.05) is 11.3 Å². The van der Waals surface area contributed by atoms with E-state index >= 15 is 0 Å². The molecule has 0 amide bonds. The van der Waals surface area contributed by atoms with Crippen LogP contribution in [-0.4, -0.2) is 42.1 Å². The number of fused-ring (bicyclic) bond motifs is 1. The molecule has 0 spiro atoms. The third-order valence-corrected chi connectivity index (χ3v) is 7.92. The second-order valence-corrected chi connectivity index (χ2v) is 11.1. The molecule has 0 fully saturated rings. The smallest absolute Gasteiger partial charge is 0.335 e. The van der Waals surface area contributed by atoms with E-state index in [1.54, 1.807) is 6.07 Å². The van der Waals surface area contributed by atoms with Gasteiger partial charge >= 0.3 is 5.97 Å². The van der Waals surface area contributed by atoms with Crippen LogP contribution in [0.4, 0.5) is 5.95 Å². The number of carbonyl (C=O) groups is 1. The molecule has 5 rings (SSSR count). The van der Waals surface area contributed by atoms with E-state index in [9.17, 15) is 18.3 Å². The second kappa shape index (κ2) is 10.8. The highest BCUT2D eigenvalue weighted by Gasteiger charge is 2.22. The molecular weight excluding hydrogens is 516 g/mol. The summed E-state index contributed by atoms with van der Waals surface area (Å²) < 4.78 is 35.2. The first kappa shape index (κ1) is 26.3. The molecule has 1 aliphatic rings. The van der Waals surface area contributed by atoms with Crippen LogP contribution < -0.4 is 14.8 Å². The summed E-state index contributed by atoms with van der Waals surface area (Å²) in [6.45, 7) is 5.23. The summed E-state index contributed by atoms with van der Waals surface area (Å²) in [6, 6.07) is 20.8. The second-order valence-electron chi connectivity index (χ2n) is 9.46. The molecule has 0 radical (unpaired) electrons. The van der Waals surface area contributed by atoms with Crippen molar-refractivity contribution in [3.8, 4) is 17.1 Å². The number of benzene rings is 3. The molecule has 0 saturated heterocycles. The number of rotatable bonds is 7. The Hall–Kier alpha value is -4.28. The summed E-state index contributed by atoms with van der Waals surface area (Å²) in [7, 11) is -4.19. The van der Waals surface area contributed by atoms with Gasteiger partial charge in [0, 0.05) is 31.1 Å². The maximum atomic E-state index is 13.2. The van der Waals surface area contributed by atoms with Crippen molar-refractivity contribution in [3.05, 3.63) is 101 Å². The molecular formula is C29H28N4O5S. The molecule has 1 atom stereocenters. The van der Waals surface area contributed by atoms with E-state index in [1.807, 2.05) is 44.2 Å². The van der Waals surface area contributed by atoms with Gasteiger partial charge in [-0.25, -0.2) is 22.9 Å². The summed E-state index contributed by atoms with van der Waals surface area (Å²) in [6.07, 6.45) is 0.417. The summed E-state index contributed by atoms with van der Waals surface area (Å²) in [5.74, 6) is -1.17. The Kier molecular flexibility index (Phi) is 7.32. The molecule has 2 heterocycles. The van der Waals surface area contributed by atoms with E-state index in [-0.39, 0.29) is 28.4 Å². The number of carboxylic acids is 1. The van der Waals surface area contributed by atoms with Gasteiger partial charge in [0.1, 0.15) is 6.10 Å². The maximum absolute atomic E-state index is 13.2. The minimum Gasteiger partial charge on any atom is -0.478 e. The Labute approximate surface area is 227 Å². The van der Waals surface area contributed by atoms with E-state index in [1.165, 1.54) is 29.3 Å². The van der Waals surface area contributed by atoms with Crippen LogP contribution in [0.3, 0.4) is 0 Å². The largest absolute Gasteiger partial charge is 0.478 e. The van der Waals surface area contributed by atoms with E-state index < -0.39 is 16.0 Å². The third kappa shape index (κ3) is 5.92. The molecule has 1 aromatic heterocycles. The Morgan fingerprint density at radius 1 is 0.974 bits per heavy atom. The topological polar surface area (TPSA) is 131 Å². The van der Waals surface area contributed by atoms with Gasteiger partial charge in [-0.3, -0.25) is 0 Å². The fourth-order valence-electron chi connectivity index (χ4n) is 4.72. The van der Waals surface area contributed by atoms with Crippen LogP contribution in [0.1, 0.15) is 32.6 Å². The fraction of sp³-hybridized carbons (Fsp3) is 0.207. The minimum absolute atomic E-state index is 0.145. The van der Waals surface area contributed by atoms with Gasteiger partial charge in [-0.15, -0.1) is 0 Å². The summed E-state index contributed by atoms with van der Waals surface area (Å²) >= 11 is 0. The Balaban J connectivity index is 1.53. The highest BCUT2D eigenvalue weighted by molar-refractivity contribution is 7.92. The van der Waals surface area contributed by atoms with E-state index in [0.29, 0.717) is 18.7 Å². The number of carboxylic acid groups (broad SMARTS) is 1. The Bertz CT molecular complexity index is 1640. The molecule has 1 unspecified atom stereocenters. The first-order valence-electron chi connectivity index (χ1n) is 12.5. The summed E-state index contributed by atoms with van der Waals surface area (Å²) in [5.41, 5.74) is 5.53. The highest BCUT2D eigenvalue weighted by Crippen LogP contribution is 2.30. The lowest BCUT2D eigenvalue weighted by molar-refractivity contribution is 0.0696. The van der Waals surface area contributed by atoms with E-state index in [4.69, 9.17) is 4.74 Å². The summed E-state index contributed by atoms with van der Waals surface area (Å²) in [4.78, 5) is 20.1. The zero-order chi connectivity index (χ0) is 27.6. The van der Waals surface area contributed by atoms with Crippen molar-refractivity contribution in [2.45, 2.75) is 37.8 Å². The molecule has 200 valence electrons. The number of hydrogen-bond donors (Lipinski definition) is 3. The van der Waals surface area contributed by atoms with Crippen molar-refractivity contribution in [3.63, 3.8) is 0 Å². The number of sulfonamides is 1. The number of ether oxygens (including phenoxy) is 1. The number of hydrogen-bond acceptors (Lipinski definition) is 7. The molecule has 1 aliphatic heterocycles. The monoisotopic (exact) mass is 544 g/mol. The minimum atomic E-state index is -4.19. The Morgan fingerprint density at radius 3 is 2.44 bits per heavy atom. The zero-order valence-corrected chi connectivity index (χ0v) is 22.3. The average Bonchev–Trinajstić information content (AvgIpc) is 3.10. The standard InChI is InChI=1S/C29H28N4O5S/c1-18-7-5-8-19(2)27(18)25-15-26(38-23-13-20-9-3-4-10-22(20)16-30-17-23)32-29(31-25)33-39(36,37)24-12-6-11-21(14-24)28(34)35/h3-12,14-15,23,30H,13,16-17H2,1-2H3,(H,34,35)(H,31,32,33). The van der Waals surface area contributed by atoms with Crippen LogP contribution in [0.25, 0.3) is 11.3 Å². The number of anilines is 1. The van der Waals surface area contributed by atoms with Crippen molar-refractivity contribution < 1.29 is 23.1 Å². The molecule has 9 nitrogen and oxygen atoms in total. The van der Waals surface area contributed by atoms with Gasteiger partial charge in [-0.05, 0) is 54.3 Å². The van der Waals surface area contributed by atoms with Crippen molar-refractivity contribution in [1.29, 1.82) is 0 Å². The number of nitrogens with zero attached hydrogens (tertiary/aromatic N) is 2. The van der Waals surface area contributed by atoms with Gasteiger partial charge in [-0.2, -0.15) is 4.98 Å². The van der Waals surface area contributed by atoms with Gasteiger partial charge < -0.3 is 15.2 Å². The van der Waals surface area contributed by atoms with Gasteiger partial charge in [0.25, 0.3) is 10.0 Å². The summed E-state index contributed by atoms with van der Waals surface area (Å²) in [5, 5.41) is 12.7.